The van der Waals surface area contributed by atoms with E-state index in [-0.39, 0.29) is 0 Å². The van der Waals surface area contributed by atoms with Crippen LogP contribution in [-0.4, -0.2) is 44.3 Å². The highest BCUT2D eigenvalue weighted by Crippen LogP contribution is 2.32. The molecule has 0 unspecified atom stereocenters. The fourth-order valence-electron chi connectivity index (χ4n) is 4.05. The Morgan fingerprint density at radius 3 is 2.31 bits per heavy atom. The van der Waals surface area contributed by atoms with Gasteiger partial charge in [-0.1, -0.05) is 24.3 Å². The number of nitrogens with zero attached hydrogens (tertiary/aromatic N) is 5. The maximum Gasteiger partial charge on any atom is 0.248 e. The van der Waals surface area contributed by atoms with E-state index in [1.165, 1.54) is 6.33 Å². The molecule has 7 nitrogen and oxygen atoms in total. The van der Waals surface area contributed by atoms with Crippen molar-refractivity contribution in [2.24, 2.45) is 0 Å². The smallest absolute Gasteiger partial charge is 0.248 e. The van der Waals surface area contributed by atoms with Crippen LogP contribution in [0.25, 0.3) is 11.0 Å². The third kappa shape index (κ3) is 4.33. The molecule has 0 N–H and O–H groups in total. The van der Waals surface area contributed by atoms with Gasteiger partial charge in [-0.15, -0.1) is 6.58 Å². The van der Waals surface area contributed by atoms with Gasteiger partial charge in [0.05, 0.1) is 12.2 Å². The number of rotatable bonds is 7. The van der Waals surface area contributed by atoms with Crippen molar-refractivity contribution in [1.82, 2.24) is 24.6 Å². The number of ether oxygens (including phenoxy) is 2. The Labute approximate surface area is 186 Å². The molecule has 0 aliphatic carbocycles. The zero-order valence-electron chi connectivity index (χ0n) is 17.8. The molecule has 1 fully saturated rings. The number of fused-ring (bicyclic) bond motifs is 1. The van der Waals surface area contributed by atoms with Crippen LogP contribution in [-0.2, 0) is 0 Å². The van der Waals surface area contributed by atoms with Crippen molar-refractivity contribution >= 4 is 11.0 Å². The second-order valence-electron chi connectivity index (χ2n) is 7.81. The molecule has 0 atom stereocenters. The second-order valence-corrected chi connectivity index (χ2v) is 7.81. The van der Waals surface area contributed by atoms with Gasteiger partial charge in [0.25, 0.3) is 0 Å². The van der Waals surface area contributed by atoms with Crippen molar-refractivity contribution in [3.63, 3.8) is 0 Å². The molecular formula is C25H25N5O2. The molecule has 3 heterocycles. The zero-order valence-corrected chi connectivity index (χ0v) is 17.8. The molecule has 7 heteroatoms. The molecule has 0 bridgehead atoms. The standard InChI is InChI=1S/C25H25N5O2/c1-2-14-29-15-12-19(13-16-29)30-24-23(17-28-30)26-18-27-25(24)32-22-10-8-21(9-11-22)31-20-6-4-3-5-7-20/h2-11,17-19H,1,12-16H2. The van der Waals surface area contributed by atoms with Crippen molar-refractivity contribution in [3.8, 4) is 23.1 Å². The lowest BCUT2D eigenvalue weighted by molar-refractivity contribution is 0.197. The molecule has 0 saturated carbocycles. The third-order valence-electron chi connectivity index (χ3n) is 5.66. The molecular weight excluding hydrogens is 402 g/mol. The van der Waals surface area contributed by atoms with Crippen LogP contribution in [0.4, 0.5) is 0 Å². The first-order valence-corrected chi connectivity index (χ1v) is 10.8. The largest absolute Gasteiger partial charge is 0.457 e. The summed E-state index contributed by atoms with van der Waals surface area (Å²) in [7, 11) is 0. The summed E-state index contributed by atoms with van der Waals surface area (Å²) in [5.74, 6) is 2.73. The van der Waals surface area contributed by atoms with E-state index in [0.717, 1.165) is 55.0 Å². The third-order valence-corrected chi connectivity index (χ3v) is 5.66. The number of likely N-dealkylation sites (tertiary alicyclic amines) is 1. The Morgan fingerprint density at radius 1 is 0.906 bits per heavy atom. The van der Waals surface area contributed by atoms with Gasteiger partial charge in [-0.05, 0) is 49.2 Å². The normalized spacial score (nSPS) is 15.0. The van der Waals surface area contributed by atoms with E-state index in [4.69, 9.17) is 9.47 Å². The van der Waals surface area contributed by atoms with Crippen LogP contribution in [0.2, 0.25) is 0 Å². The highest BCUT2D eigenvalue weighted by atomic mass is 16.5. The first kappa shape index (κ1) is 20.2. The molecule has 1 aliphatic heterocycles. The van der Waals surface area contributed by atoms with Gasteiger partial charge in [0.15, 0.2) is 0 Å². The lowest BCUT2D eigenvalue weighted by Gasteiger charge is -2.31. The average Bonchev–Trinajstić information content (AvgIpc) is 3.27. The molecule has 32 heavy (non-hydrogen) atoms. The van der Waals surface area contributed by atoms with Crippen molar-refractivity contribution in [3.05, 3.63) is 79.8 Å². The predicted molar refractivity (Wildman–Crippen MR) is 123 cm³/mol. The Hall–Kier alpha value is -3.71. The number of benzene rings is 2. The quantitative estimate of drug-likeness (QED) is 0.376. The van der Waals surface area contributed by atoms with E-state index >= 15 is 0 Å². The average molecular weight is 428 g/mol. The highest BCUT2D eigenvalue weighted by Gasteiger charge is 2.24. The van der Waals surface area contributed by atoms with Gasteiger partial charge < -0.3 is 9.47 Å². The van der Waals surface area contributed by atoms with Crippen LogP contribution >= 0.6 is 0 Å². The molecule has 1 aliphatic rings. The van der Waals surface area contributed by atoms with Crippen molar-refractivity contribution in [1.29, 1.82) is 0 Å². The van der Waals surface area contributed by atoms with Gasteiger partial charge in [0.2, 0.25) is 5.88 Å². The fourth-order valence-corrected chi connectivity index (χ4v) is 4.05. The minimum atomic E-state index is 0.295. The predicted octanol–water partition coefficient (Wildman–Crippen LogP) is 5.23. The van der Waals surface area contributed by atoms with E-state index in [9.17, 15) is 0 Å². The fraction of sp³-hybridized carbons (Fsp3) is 0.240. The van der Waals surface area contributed by atoms with Crippen LogP contribution in [0, 0.1) is 0 Å². The lowest BCUT2D eigenvalue weighted by atomic mass is 10.1. The van der Waals surface area contributed by atoms with E-state index in [2.05, 4.69) is 26.5 Å². The zero-order chi connectivity index (χ0) is 21.8. The molecule has 2 aromatic carbocycles. The second kappa shape index (κ2) is 9.20. The van der Waals surface area contributed by atoms with Crippen LogP contribution in [0.15, 0.2) is 79.8 Å². The van der Waals surface area contributed by atoms with Gasteiger partial charge >= 0.3 is 0 Å². The summed E-state index contributed by atoms with van der Waals surface area (Å²) in [5.41, 5.74) is 1.62. The van der Waals surface area contributed by atoms with Gasteiger partial charge in [-0.25, -0.2) is 4.98 Å². The number of hydrogen-bond acceptors (Lipinski definition) is 6. The van der Waals surface area contributed by atoms with Crippen LogP contribution in [0.5, 0.6) is 23.1 Å². The topological polar surface area (TPSA) is 65.3 Å². The van der Waals surface area contributed by atoms with E-state index in [1.54, 1.807) is 6.20 Å². The number of para-hydroxylation sites is 1. The lowest BCUT2D eigenvalue weighted by Crippen LogP contribution is -2.34. The Morgan fingerprint density at radius 2 is 1.59 bits per heavy atom. The summed E-state index contributed by atoms with van der Waals surface area (Å²) >= 11 is 0. The van der Waals surface area contributed by atoms with Crippen molar-refractivity contribution in [2.45, 2.75) is 18.9 Å². The van der Waals surface area contributed by atoms with Crippen molar-refractivity contribution in [2.75, 3.05) is 19.6 Å². The molecule has 0 spiro atoms. The minimum absolute atomic E-state index is 0.295. The van der Waals surface area contributed by atoms with Gasteiger partial charge in [-0.3, -0.25) is 9.58 Å². The molecule has 162 valence electrons. The molecule has 0 amide bonds. The molecule has 1 saturated heterocycles. The van der Waals surface area contributed by atoms with E-state index < -0.39 is 0 Å². The van der Waals surface area contributed by atoms with Gasteiger partial charge in [0.1, 0.15) is 34.6 Å². The Bertz CT molecular complexity index is 1180. The van der Waals surface area contributed by atoms with Crippen LogP contribution in [0.1, 0.15) is 18.9 Å². The summed E-state index contributed by atoms with van der Waals surface area (Å²) in [4.78, 5) is 11.2. The summed E-state index contributed by atoms with van der Waals surface area (Å²) in [6.45, 7) is 6.80. The summed E-state index contributed by atoms with van der Waals surface area (Å²) < 4.78 is 14.0. The van der Waals surface area contributed by atoms with Crippen molar-refractivity contribution < 1.29 is 9.47 Å². The van der Waals surface area contributed by atoms with Gasteiger partial charge in [0, 0.05) is 19.6 Å². The van der Waals surface area contributed by atoms with Crippen LogP contribution < -0.4 is 9.47 Å². The Kier molecular flexibility index (Phi) is 5.81. The summed E-state index contributed by atoms with van der Waals surface area (Å²) in [6.07, 6.45) is 7.30. The maximum atomic E-state index is 6.16. The molecule has 2 aromatic heterocycles. The van der Waals surface area contributed by atoms with Gasteiger partial charge in [-0.2, -0.15) is 10.1 Å². The maximum absolute atomic E-state index is 6.16. The number of hydrogen-bond donors (Lipinski definition) is 0. The van der Waals surface area contributed by atoms with E-state index in [1.807, 2.05) is 65.4 Å². The van der Waals surface area contributed by atoms with E-state index in [0.29, 0.717) is 17.7 Å². The van der Waals surface area contributed by atoms with Crippen LogP contribution in [0.3, 0.4) is 0 Å². The Balaban J connectivity index is 1.34. The SMILES string of the molecule is C=CCN1CCC(n2ncc3ncnc(Oc4ccc(Oc5ccccc5)cc4)c32)CC1. The first-order valence-electron chi connectivity index (χ1n) is 10.8. The summed E-state index contributed by atoms with van der Waals surface area (Å²) in [5, 5.41) is 4.63. The minimum Gasteiger partial charge on any atom is -0.457 e. The number of aromatic nitrogens is 4. The first-order chi connectivity index (χ1) is 15.8. The molecule has 5 rings (SSSR count). The molecule has 0 radical (unpaired) electrons. The number of piperidine rings is 1. The summed E-state index contributed by atoms with van der Waals surface area (Å²) in [6, 6.07) is 17.5. The molecule has 4 aromatic rings. The highest BCUT2D eigenvalue weighted by molar-refractivity contribution is 5.79. The monoisotopic (exact) mass is 427 g/mol.